The van der Waals surface area contributed by atoms with E-state index in [-0.39, 0.29) is 5.82 Å². The largest absolute Gasteiger partial charge is 0.311 e. The highest BCUT2D eigenvalue weighted by Crippen LogP contribution is 2.13. The van der Waals surface area contributed by atoms with E-state index in [1.165, 1.54) is 25.5 Å². The molecule has 1 saturated heterocycles. The average Bonchev–Trinajstić information content (AvgIpc) is 2.65. The van der Waals surface area contributed by atoms with E-state index in [0.29, 0.717) is 6.04 Å². The van der Waals surface area contributed by atoms with Gasteiger partial charge in [-0.3, -0.25) is 0 Å². The van der Waals surface area contributed by atoms with Gasteiger partial charge >= 0.3 is 0 Å². The summed E-state index contributed by atoms with van der Waals surface area (Å²) in [6.07, 6.45) is 2.56. The third-order valence-electron chi connectivity index (χ3n) is 3.27. The molecular formula is C13H19FN2. The summed E-state index contributed by atoms with van der Waals surface area (Å²) in [5.74, 6) is -0.155. The van der Waals surface area contributed by atoms with Crippen LogP contribution in [0.25, 0.3) is 0 Å². The Balaban J connectivity index is 1.75. The summed E-state index contributed by atoms with van der Waals surface area (Å²) in [7, 11) is 2.17. The lowest BCUT2D eigenvalue weighted by molar-refractivity contribution is 0.300. The molecule has 0 bridgehead atoms. The van der Waals surface area contributed by atoms with E-state index >= 15 is 0 Å². The third-order valence-corrected chi connectivity index (χ3v) is 3.27. The Bertz CT molecular complexity index is 340. The van der Waals surface area contributed by atoms with Crippen molar-refractivity contribution in [3.63, 3.8) is 0 Å². The summed E-state index contributed by atoms with van der Waals surface area (Å²) < 4.78 is 12.9. The maximum absolute atomic E-state index is 12.9. The van der Waals surface area contributed by atoms with E-state index in [2.05, 4.69) is 17.3 Å². The molecule has 1 heterocycles. The number of hydrogen-bond acceptors (Lipinski definition) is 2. The van der Waals surface area contributed by atoms with Crippen LogP contribution in [0.5, 0.6) is 0 Å². The molecule has 0 aliphatic carbocycles. The summed E-state index contributed by atoms with van der Waals surface area (Å²) in [5, 5.41) is 3.39. The number of likely N-dealkylation sites (tertiary alicyclic amines) is 1. The molecule has 1 aliphatic heterocycles. The highest BCUT2D eigenvalue weighted by atomic mass is 19.1. The second kappa shape index (κ2) is 5.41. The fraction of sp³-hybridized carbons (Fsp3) is 0.538. The molecule has 1 N–H and O–H groups in total. The first-order valence-corrected chi connectivity index (χ1v) is 5.91. The number of nitrogens with one attached hydrogen (secondary N) is 1. The topological polar surface area (TPSA) is 15.3 Å². The van der Waals surface area contributed by atoms with Crippen molar-refractivity contribution in [1.29, 1.82) is 0 Å². The number of likely N-dealkylation sites (N-methyl/N-ethyl adjacent to an activating group) is 1. The predicted molar refractivity (Wildman–Crippen MR) is 63.8 cm³/mol. The molecule has 3 heteroatoms. The number of benzene rings is 1. The first-order valence-electron chi connectivity index (χ1n) is 5.91. The van der Waals surface area contributed by atoms with Gasteiger partial charge in [0.25, 0.3) is 0 Å². The molecule has 1 unspecified atom stereocenters. The smallest absolute Gasteiger partial charge is 0.123 e. The van der Waals surface area contributed by atoms with Gasteiger partial charge in [-0.1, -0.05) is 12.1 Å². The van der Waals surface area contributed by atoms with Crippen LogP contribution in [0, 0.1) is 5.82 Å². The van der Waals surface area contributed by atoms with Gasteiger partial charge < -0.3 is 10.2 Å². The van der Waals surface area contributed by atoms with Crippen LogP contribution in [0.1, 0.15) is 18.4 Å². The molecule has 2 rings (SSSR count). The van der Waals surface area contributed by atoms with Crippen molar-refractivity contribution in [2.45, 2.75) is 25.4 Å². The van der Waals surface area contributed by atoms with Crippen molar-refractivity contribution in [1.82, 2.24) is 10.2 Å². The van der Waals surface area contributed by atoms with E-state index in [9.17, 15) is 4.39 Å². The lowest BCUT2D eigenvalue weighted by Crippen LogP contribution is -2.35. The van der Waals surface area contributed by atoms with E-state index < -0.39 is 0 Å². The second-order valence-corrected chi connectivity index (χ2v) is 4.54. The summed E-state index contributed by atoms with van der Waals surface area (Å²) in [5.41, 5.74) is 1.01. The molecule has 0 spiro atoms. The Hall–Kier alpha value is -0.930. The zero-order valence-corrected chi connectivity index (χ0v) is 9.75. The summed E-state index contributed by atoms with van der Waals surface area (Å²) in [4.78, 5) is 2.39. The van der Waals surface area contributed by atoms with E-state index in [1.807, 2.05) is 6.07 Å². The van der Waals surface area contributed by atoms with Crippen LogP contribution in [-0.4, -0.2) is 31.1 Å². The number of hydrogen-bond donors (Lipinski definition) is 1. The molecule has 1 aromatic rings. The SMILES string of the molecule is CN1CCCC1CNCc1cccc(F)c1. The molecule has 0 aromatic heterocycles. The lowest BCUT2D eigenvalue weighted by Gasteiger charge is -2.19. The summed E-state index contributed by atoms with van der Waals surface area (Å²) >= 11 is 0. The highest BCUT2D eigenvalue weighted by molar-refractivity contribution is 5.15. The average molecular weight is 222 g/mol. The Labute approximate surface area is 96.5 Å². The molecule has 1 atom stereocenters. The van der Waals surface area contributed by atoms with Crippen molar-refractivity contribution >= 4 is 0 Å². The zero-order valence-electron chi connectivity index (χ0n) is 9.75. The van der Waals surface area contributed by atoms with Gasteiger partial charge in [-0.05, 0) is 44.1 Å². The quantitative estimate of drug-likeness (QED) is 0.838. The lowest BCUT2D eigenvalue weighted by atomic mass is 10.2. The van der Waals surface area contributed by atoms with Crippen LogP contribution in [0.15, 0.2) is 24.3 Å². The van der Waals surface area contributed by atoms with Gasteiger partial charge in [0.05, 0.1) is 0 Å². The van der Waals surface area contributed by atoms with Crippen LogP contribution in [0.3, 0.4) is 0 Å². The Morgan fingerprint density at radius 2 is 2.38 bits per heavy atom. The van der Waals surface area contributed by atoms with Crippen LogP contribution < -0.4 is 5.32 Å². The standard InChI is InChI=1S/C13H19FN2/c1-16-7-3-6-13(16)10-15-9-11-4-2-5-12(14)8-11/h2,4-5,8,13,15H,3,6-7,9-10H2,1H3. The normalized spacial score (nSPS) is 21.5. The van der Waals surface area contributed by atoms with E-state index in [1.54, 1.807) is 12.1 Å². The molecule has 0 radical (unpaired) electrons. The maximum Gasteiger partial charge on any atom is 0.123 e. The van der Waals surface area contributed by atoms with Gasteiger partial charge in [0, 0.05) is 19.1 Å². The Morgan fingerprint density at radius 3 is 3.06 bits per heavy atom. The van der Waals surface area contributed by atoms with Crippen LogP contribution in [0.2, 0.25) is 0 Å². The Morgan fingerprint density at radius 1 is 1.50 bits per heavy atom. The van der Waals surface area contributed by atoms with Crippen LogP contribution >= 0.6 is 0 Å². The molecule has 1 fully saturated rings. The number of rotatable bonds is 4. The summed E-state index contributed by atoms with van der Waals surface area (Å²) in [6.45, 7) is 2.95. The Kier molecular flexibility index (Phi) is 3.91. The molecule has 1 aromatic carbocycles. The van der Waals surface area contributed by atoms with Crippen LogP contribution in [-0.2, 0) is 6.54 Å². The highest BCUT2D eigenvalue weighted by Gasteiger charge is 2.19. The molecular weight excluding hydrogens is 203 g/mol. The third kappa shape index (κ3) is 3.03. The minimum Gasteiger partial charge on any atom is -0.311 e. The molecule has 0 saturated carbocycles. The fourth-order valence-electron chi connectivity index (χ4n) is 2.27. The first-order chi connectivity index (χ1) is 7.75. The molecule has 0 amide bonds. The van der Waals surface area contributed by atoms with Gasteiger partial charge in [-0.2, -0.15) is 0 Å². The van der Waals surface area contributed by atoms with Crippen LogP contribution in [0.4, 0.5) is 4.39 Å². The van der Waals surface area contributed by atoms with Crippen molar-refractivity contribution in [2.24, 2.45) is 0 Å². The van der Waals surface area contributed by atoms with Crippen molar-refractivity contribution in [3.8, 4) is 0 Å². The maximum atomic E-state index is 12.9. The minimum atomic E-state index is -0.155. The number of halogens is 1. The number of nitrogens with zero attached hydrogens (tertiary/aromatic N) is 1. The fourth-order valence-corrected chi connectivity index (χ4v) is 2.27. The molecule has 1 aliphatic rings. The molecule has 16 heavy (non-hydrogen) atoms. The second-order valence-electron chi connectivity index (χ2n) is 4.54. The first kappa shape index (κ1) is 11.6. The van der Waals surface area contributed by atoms with Gasteiger partial charge in [-0.15, -0.1) is 0 Å². The van der Waals surface area contributed by atoms with Gasteiger partial charge in [-0.25, -0.2) is 4.39 Å². The van der Waals surface area contributed by atoms with E-state index in [4.69, 9.17) is 0 Å². The van der Waals surface area contributed by atoms with Crippen molar-refractivity contribution in [2.75, 3.05) is 20.1 Å². The predicted octanol–water partition coefficient (Wildman–Crippen LogP) is 2.01. The monoisotopic (exact) mass is 222 g/mol. The van der Waals surface area contributed by atoms with Crippen molar-refractivity contribution < 1.29 is 4.39 Å². The van der Waals surface area contributed by atoms with Gasteiger partial charge in [0.2, 0.25) is 0 Å². The molecule has 2 nitrogen and oxygen atoms in total. The summed E-state index contributed by atoms with van der Waals surface area (Å²) in [6, 6.07) is 7.43. The van der Waals surface area contributed by atoms with Crippen molar-refractivity contribution in [3.05, 3.63) is 35.6 Å². The molecule has 88 valence electrons. The zero-order chi connectivity index (χ0) is 11.4. The van der Waals surface area contributed by atoms with Gasteiger partial charge in [0.1, 0.15) is 5.82 Å². The minimum absolute atomic E-state index is 0.155. The van der Waals surface area contributed by atoms with E-state index in [0.717, 1.165) is 18.7 Å². The van der Waals surface area contributed by atoms with Gasteiger partial charge in [0.15, 0.2) is 0 Å².